The molecule has 0 aromatic carbocycles. The predicted molar refractivity (Wildman–Crippen MR) is 232 cm³/mol. The predicted octanol–water partition coefficient (Wildman–Crippen LogP) is 14.0. The fraction of sp³-hybridized carbons (Fsp3) is 0.938. The number of amides is 1. The Bertz CT molecular complexity index is 743. The van der Waals surface area contributed by atoms with E-state index in [1.807, 2.05) is 0 Å². The number of hydrogen-bond donors (Lipinski definition) is 4. The molecule has 316 valence electrons. The van der Waals surface area contributed by atoms with E-state index in [-0.39, 0.29) is 12.5 Å². The molecule has 0 aromatic heterocycles. The van der Waals surface area contributed by atoms with Gasteiger partial charge in [0.15, 0.2) is 0 Å². The lowest BCUT2D eigenvalue weighted by Gasteiger charge is -2.26. The molecule has 0 aliphatic carbocycles. The molecule has 0 saturated heterocycles. The molecule has 0 radical (unpaired) electrons. The summed E-state index contributed by atoms with van der Waals surface area (Å²) < 4.78 is 0. The van der Waals surface area contributed by atoms with Gasteiger partial charge in [0.1, 0.15) is 6.10 Å². The highest BCUT2D eigenvalue weighted by atomic mass is 16.3. The molecule has 0 aliphatic rings. The molecule has 0 aliphatic heterocycles. The number of carbonyl (C=O) groups is 1. The third-order valence-electron chi connectivity index (χ3n) is 11.4. The number of nitrogens with one attached hydrogen (secondary N) is 1. The number of aliphatic hydroxyl groups excluding tert-OH is 3. The van der Waals surface area contributed by atoms with Gasteiger partial charge in [0.2, 0.25) is 5.91 Å². The quantitative estimate of drug-likeness (QED) is 0.0369. The lowest BCUT2D eigenvalue weighted by atomic mass is 10.0. The highest BCUT2D eigenvalue weighted by Crippen LogP contribution is 2.17. The summed E-state index contributed by atoms with van der Waals surface area (Å²) in [5.74, 6) is -0.149. The van der Waals surface area contributed by atoms with Gasteiger partial charge in [-0.05, 0) is 38.5 Å². The maximum absolute atomic E-state index is 12.4. The Labute approximate surface area is 331 Å². The molecule has 0 heterocycles. The fourth-order valence-corrected chi connectivity index (χ4v) is 7.63. The summed E-state index contributed by atoms with van der Waals surface area (Å²) >= 11 is 0. The number of carbonyl (C=O) groups excluding carboxylic acids is 1. The number of allylic oxidation sites excluding steroid dienone is 2. The normalized spacial score (nSPS) is 13.5. The van der Waals surface area contributed by atoms with E-state index in [0.717, 1.165) is 38.5 Å². The van der Waals surface area contributed by atoms with Crippen molar-refractivity contribution in [3.63, 3.8) is 0 Å². The highest BCUT2D eigenvalue weighted by Gasteiger charge is 2.26. The molecule has 0 saturated carbocycles. The summed E-state index contributed by atoms with van der Waals surface area (Å²) in [6.07, 6.45) is 51.9. The first kappa shape index (κ1) is 52.1. The third kappa shape index (κ3) is 39.1. The Balaban J connectivity index is 3.60. The molecule has 0 bridgehead atoms. The van der Waals surface area contributed by atoms with E-state index in [2.05, 4.69) is 31.3 Å². The van der Waals surface area contributed by atoms with Crippen LogP contribution in [0.25, 0.3) is 0 Å². The topological polar surface area (TPSA) is 89.8 Å². The van der Waals surface area contributed by atoms with E-state index < -0.39 is 18.2 Å². The van der Waals surface area contributed by atoms with Gasteiger partial charge in [-0.3, -0.25) is 4.79 Å². The zero-order valence-electron chi connectivity index (χ0n) is 35.9. The molecule has 5 heteroatoms. The molecular weight excluding hydrogens is 655 g/mol. The van der Waals surface area contributed by atoms with Crippen molar-refractivity contribution in [3.8, 4) is 0 Å². The van der Waals surface area contributed by atoms with Crippen LogP contribution in [0.15, 0.2) is 12.2 Å². The minimum Gasteiger partial charge on any atom is -0.394 e. The van der Waals surface area contributed by atoms with Crippen LogP contribution in [-0.4, -0.2) is 46.1 Å². The Morgan fingerprint density at radius 1 is 0.453 bits per heavy atom. The first-order valence-corrected chi connectivity index (χ1v) is 24.0. The van der Waals surface area contributed by atoms with Crippen LogP contribution < -0.4 is 5.32 Å². The van der Waals surface area contributed by atoms with E-state index in [1.54, 1.807) is 0 Å². The second-order valence-corrected chi connectivity index (χ2v) is 16.7. The Hall–Kier alpha value is -0.910. The van der Waals surface area contributed by atoms with Crippen molar-refractivity contribution in [2.45, 2.75) is 283 Å². The molecule has 0 spiro atoms. The molecule has 5 nitrogen and oxygen atoms in total. The van der Waals surface area contributed by atoms with Gasteiger partial charge in [-0.2, -0.15) is 0 Å². The van der Waals surface area contributed by atoms with Gasteiger partial charge in [-0.15, -0.1) is 0 Å². The highest BCUT2D eigenvalue weighted by molar-refractivity contribution is 5.76. The van der Waals surface area contributed by atoms with Gasteiger partial charge in [0, 0.05) is 6.42 Å². The molecule has 0 fully saturated rings. The smallest absolute Gasteiger partial charge is 0.220 e. The molecular formula is C48H95NO4. The van der Waals surface area contributed by atoms with Gasteiger partial charge in [0.25, 0.3) is 0 Å². The Morgan fingerprint density at radius 3 is 1.09 bits per heavy atom. The van der Waals surface area contributed by atoms with Crippen LogP contribution in [0.2, 0.25) is 0 Å². The molecule has 3 unspecified atom stereocenters. The zero-order chi connectivity index (χ0) is 38.7. The van der Waals surface area contributed by atoms with Crippen molar-refractivity contribution in [1.82, 2.24) is 5.32 Å². The van der Waals surface area contributed by atoms with Crippen molar-refractivity contribution in [3.05, 3.63) is 12.2 Å². The minimum atomic E-state index is -1.15. The number of hydrogen-bond acceptors (Lipinski definition) is 4. The van der Waals surface area contributed by atoms with Crippen LogP contribution in [0.5, 0.6) is 0 Å². The summed E-state index contributed by atoms with van der Waals surface area (Å²) in [7, 11) is 0. The summed E-state index contributed by atoms with van der Waals surface area (Å²) in [5, 5.41) is 33.6. The molecule has 4 N–H and O–H groups in total. The summed E-state index contributed by atoms with van der Waals surface area (Å²) in [6, 6.07) is -0.821. The Morgan fingerprint density at radius 2 is 0.755 bits per heavy atom. The van der Waals surface area contributed by atoms with Gasteiger partial charge in [-0.1, -0.05) is 231 Å². The lowest BCUT2D eigenvalue weighted by Crippen LogP contribution is -2.50. The van der Waals surface area contributed by atoms with Crippen molar-refractivity contribution < 1.29 is 20.1 Å². The van der Waals surface area contributed by atoms with Gasteiger partial charge >= 0.3 is 0 Å². The summed E-state index contributed by atoms with van der Waals surface area (Å²) in [4.78, 5) is 12.4. The first-order chi connectivity index (χ1) is 26.1. The van der Waals surface area contributed by atoms with Crippen LogP contribution >= 0.6 is 0 Å². The van der Waals surface area contributed by atoms with E-state index in [9.17, 15) is 20.1 Å². The molecule has 0 rings (SSSR count). The number of unbranched alkanes of at least 4 members (excludes halogenated alkanes) is 34. The van der Waals surface area contributed by atoms with E-state index in [4.69, 9.17) is 0 Å². The van der Waals surface area contributed by atoms with Crippen molar-refractivity contribution in [2.24, 2.45) is 0 Å². The van der Waals surface area contributed by atoms with Gasteiger partial charge < -0.3 is 20.6 Å². The summed E-state index contributed by atoms with van der Waals surface area (Å²) in [5.41, 5.74) is 0. The van der Waals surface area contributed by atoms with Crippen LogP contribution in [0.1, 0.15) is 264 Å². The molecule has 3 atom stereocenters. The molecule has 53 heavy (non-hydrogen) atoms. The SMILES string of the molecule is CCCCCCCCCCCCCCCCCC/C=C/CCCC(O)C(O)C(CO)NC(=O)CCCCCCCCCCCCCCCCCCCC. The maximum Gasteiger partial charge on any atom is 0.220 e. The largest absolute Gasteiger partial charge is 0.394 e. The molecule has 0 aromatic rings. The van der Waals surface area contributed by atoms with Crippen LogP contribution in [0.4, 0.5) is 0 Å². The standard InChI is InChI=1S/C48H95NO4/c1-3-5-7-9-11-13-15-17-19-21-23-24-25-26-28-30-32-34-36-38-40-42-46(51)48(53)45(44-50)49-47(52)43-41-39-37-35-33-31-29-27-22-20-18-16-14-12-10-8-6-4-2/h34,36,45-46,48,50-51,53H,3-33,35,37-44H2,1-2H3,(H,49,52)/b36-34+. The minimum absolute atomic E-state index is 0.149. The van der Waals surface area contributed by atoms with E-state index in [1.165, 1.54) is 199 Å². The third-order valence-corrected chi connectivity index (χ3v) is 11.4. The zero-order valence-corrected chi connectivity index (χ0v) is 35.9. The monoisotopic (exact) mass is 750 g/mol. The van der Waals surface area contributed by atoms with Crippen molar-refractivity contribution >= 4 is 5.91 Å². The van der Waals surface area contributed by atoms with Crippen LogP contribution in [-0.2, 0) is 4.79 Å². The fourth-order valence-electron chi connectivity index (χ4n) is 7.63. The molecule has 1 amide bonds. The Kier molecular flexibility index (Phi) is 43.1. The van der Waals surface area contributed by atoms with E-state index in [0.29, 0.717) is 12.8 Å². The van der Waals surface area contributed by atoms with Gasteiger partial charge in [-0.25, -0.2) is 0 Å². The van der Waals surface area contributed by atoms with Crippen molar-refractivity contribution in [2.75, 3.05) is 6.61 Å². The van der Waals surface area contributed by atoms with E-state index >= 15 is 0 Å². The lowest BCUT2D eigenvalue weighted by molar-refractivity contribution is -0.124. The maximum atomic E-state index is 12.4. The summed E-state index contributed by atoms with van der Waals surface area (Å²) in [6.45, 7) is 4.19. The number of rotatable bonds is 44. The average molecular weight is 750 g/mol. The van der Waals surface area contributed by atoms with Crippen LogP contribution in [0.3, 0.4) is 0 Å². The van der Waals surface area contributed by atoms with Crippen molar-refractivity contribution in [1.29, 1.82) is 0 Å². The van der Waals surface area contributed by atoms with Gasteiger partial charge in [0.05, 0.1) is 18.8 Å². The average Bonchev–Trinajstić information content (AvgIpc) is 3.16. The second-order valence-electron chi connectivity index (χ2n) is 16.7. The van der Waals surface area contributed by atoms with Crippen LogP contribution in [0, 0.1) is 0 Å². The number of aliphatic hydroxyl groups is 3. The first-order valence-electron chi connectivity index (χ1n) is 24.0. The second kappa shape index (κ2) is 43.8.